The number of benzene rings is 1. The molecule has 1 rings (SSSR count). The van der Waals surface area contributed by atoms with Crippen molar-refractivity contribution in [2.24, 2.45) is 0 Å². The van der Waals surface area contributed by atoms with Crippen molar-refractivity contribution in [3.8, 4) is 0 Å². The molecule has 0 radical (unpaired) electrons. The van der Waals surface area contributed by atoms with Gasteiger partial charge in [-0.3, -0.25) is 4.79 Å². The summed E-state index contributed by atoms with van der Waals surface area (Å²) in [7, 11) is 0. The van der Waals surface area contributed by atoms with Gasteiger partial charge in [-0.05, 0) is 47.2 Å². The van der Waals surface area contributed by atoms with Crippen molar-refractivity contribution in [2.45, 2.75) is 13.3 Å². The molecule has 5 heteroatoms. The Balaban J connectivity index is 2.87. The van der Waals surface area contributed by atoms with E-state index in [-0.39, 0.29) is 0 Å². The van der Waals surface area contributed by atoms with Crippen LogP contribution in [0.15, 0.2) is 18.2 Å². The third kappa shape index (κ3) is 2.63. The number of rotatable bonds is 2. The average molecular weight is 311 g/mol. The van der Waals surface area contributed by atoms with Gasteiger partial charge in [-0.2, -0.15) is 8.78 Å². The predicted molar refractivity (Wildman–Crippen MR) is 58.5 cm³/mol. The molecule has 0 aliphatic rings. The fourth-order valence-electron chi connectivity index (χ4n) is 0.930. The number of carbonyl (C=O) groups is 1. The van der Waals surface area contributed by atoms with Crippen LogP contribution in [0, 0.1) is 10.5 Å². The number of anilines is 1. The van der Waals surface area contributed by atoms with Crippen molar-refractivity contribution in [1.82, 2.24) is 0 Å². The highest BCUT2D eigenvalue weighted by molar-refractivity contribution is 14.1. The van der Waals surface area contributed by atoms with E-state index in [1.54, 1.807) is 19.1 Å². The van der Waals surface area contributed by atoms with E-state index in [0.717, 1.165) is 9.13 Å². The number of alkyl halides is 2. The van der Waals surface area contributed by atoms with Gasteiger partial charge in [-0.15, -0.1) is 0 Å². The summed E-state index contributed by atoms with van der Waals surface area (Å²) in [5.41, 5.74) is 1.23. The van der Waals surface area contributed by atoms with Gasteiger partial charge in [0.1, 0.15) is 0 Å². The van der Waals surface area contributed by atoms with Gasteiger partial charge in [-0.1, -0.05) is 6.07 Å². The van der Waals surface area contributed by atoms with E-state index < -0.39 is 12.3 Å². The summed E-state index contributed by atoms with van der Waals surface area (Å²) >= 11 is 2.08. The minimum Gasteiger partial charge on any atom is -0.321 e. The predicted octanol–water partition coefficient (Wildman–Crippen LogP) is 2.80. The first-order chi connectivity index (χ1) is 6.52. The molecule has 1 amide bonds. The second-order valence-electron chi connectivity index (χ2n) is 2.70. The molecule has 2 nitrogen and oxygen atoms in total. The molecule has 1 aromatic carbocycles. The lowest BCUT2D eigenvalue weighted by atomic mass is 10.2. The first-order valence-electron chi connectivity index (χ1n) is 3.86. The van der Waals surface area contributed by atoms with Gasteiger partial charge in [0.2, 0.25) is 0 Å². The van der Waals surface area contributed by atoms with Crippen molar-refractivity contribution in [1.29, 1.82) is 0 Å². The zero-order chi connectivity index (χ0) is 10.7. The molecule has 76 valence electrons. The Morgan fingerprint density at radius 1 is 1.50 bits per heavy atom. The van der Waals surface area contributed by atoms with E-state index in [4.69, 9.17) is 0 Å². The smallest absolute Gasteiger partial charge is 0.315 e. The van der Waals surface area contributed by atoms with Crippen LogP contribution in [0.4, 0.5) is 14.5 Å². The maximum absolute atomic E-state index is 11.9. The summed E-state index contributed by atoms with van der Waals surface area (Å²) in [6, 6.07) is 5.14. The molecule has 0 fully saturated rings. The van der Waals surface area contributed by atoms with E-state index in [9.17, 15) is 13.6 Å². The Hall–Kier alpha value is -0.720. The van der Waals surface area contributed by atoms with Crippen molar-refractivity contribution in [3.63, 3.8) is 0 Å². The van der Waals surface area contributed by atoms with Gasteiger partial charge in [0, 0.05) is 9.26 Å². The molecule has 0 aromatic heterocycles. The standard InChI is InChI=1S/C9H8F2INO/c1-5-6(12)3-2-4-7(5)13-9(14)8(10)11/h2-4,8H,1H3,(H,13,14). The third-order valence-electron chi connectivity index (χ3n) is 1.72. The molecule has 1 N–H and O–H groups in total. The summed E-state index contributed by atoms with van der Waals surface area (Å²) in [6.45, 7) is 1.77. The number of hydrogen-bond donors (Lipinski definition) is 1. The van der Waals surface area contributed by atoms with Gasteiger partial charge < -0.3 is 5.32 Å². The molecular weight excluding hydrogens is 303 g/mol. The molecule has 0 heterocycles. The molecule has 0 saturated carbocycles. The molecule has 0 aliphatic carbocycles. The van der Waals surface area contributed by atoms with Gasteiger partial charge in [-0.25, -0.2) is 0 Å². The molecule has 14 heavy (non-hydrogen) atoms. The van der Waals surface area contributed by atoms with Crippen LogP contribution in [0.3, 0.4) is 0 Å². The van der Waals surface area contributed by atoms with E-state index in [0.29, 0.717) is 5.69 Å². The van der Waals surface area contributed by atoms with Gasteiger partial charge in [0.15, 0.2) is 0 Å². The largest absolute Gasteiger partial charge is 0.321 e. The number of nitrogens with one attached hydrogen (secondary N) is 1. The molecule has 0 unspecified atom stereocenters. The molecule has 1 aromatic rings. The van der Waals surface area contributed by atoms with E-state index in [1.807, 2.05) is 6.07 Å². The van der Waals surface area contributed by atoms with Crippen LogP contribution in [-0.2, 0) is 4.79 Å². The fraction of sp³-hybridized carbons (Fsp3) is 0.222. The number of halogens is 3. The lowest BCUT2D eigenvalue weighted by Crippen LogP contribution is -2.20. The molecule has 0 bridgehead atoms. The maximum atomic E-state index is 11.9. The Labute approximate surface area is 93.8 Å². The number of amides is 1. The van der Waals surface area contributed by atoms with Crippen molar-refractivity contribution < 1.29 is 13.6 Å². The minimum atomic E-state index is -2.98. The Bertz CT molecular complexity index is 355. The Morgan fingerprint density at radius 3 is 2.71 bits per heavy atom. The van der Waals surface area contributed by atoms with Crippen LogP contribution >= 0.6 is 22.6 Å². The number of carbonyl (C=O) groups excluding carboxylic acids is 1. The van der Waals surface area contributed by atoms with Crippen LogP contribution in [0.5, 0.6) is 0 Å². The summed E-state index contributed by atoms with van der Waals surface area (Å²) in [5.74, 6) is -1.27. The zero-order valence-electron chi connectivity index (χ0n) is 7.35. The highest BCUT2D eigenvalue weighted by atomic mass is 127. The lowest BCUT2D eigenvalue weighted by Gasteiger charge is -2.08. The normalized spacial score (nSPS) is 10.4. The molecule has 0 saturated heterocycles. The van der Waals surface area contributed by atoms with Crippen LogP contribution in [0.1, 0.15) is 5.56 Å². The van der Waals surface area contributed by atoms with Crippen LogP contribution in [0.2, 0.25) is 0 Å². The highest BCUT2D eigenvalue weighted by Gasteiger charge is 2.15. The van der Waals surface area contributed by atoms with E-state index >= 15 is 0 Å². The van der Waals surface area contributed by atoms with Gasteiger partial charge in [0.05, 0.1) is 0 Å². The van der Waals surface area contributed by atoms with Gasteiger partial charge >= 0.3 is 6.43 Å². The average Bonchev–Trinajstić information content (AvgIpc) is 2.12. The lowest BCUT2D eigenvalue weighted by molar-refractivity contribution is -0.126. The highest BCUT2D eigenvalue weighted by Crippen LogP contribution is 2.20. The Kier molecular flexibility index (Phi) is 3.79. The van der Waals surface area contributed by atoms with Crippen molar-refractivity contribution in [2.75, 3.05) is 5.32 Å². The second-order valence-corrected chi connectivity index (χ2v) is 3.86. The van der Waals surface area contributed by atoms with Crippen LogP contribution < -0.4 is 5.32 Å². The van der Waals surface area contributed by atoms with Gasteiger partial charge in [0.25, 0.3) is 5.91 Å². The molecule has 0 spiro atoms. The SMILES string of the molecule is Cc1c(I)cccc1NC(=O)C(F)F. The first-order valence-corrected chi connectivity index (χ1v) is 4.94. The molecular formula is C9H8F2INO. The topological polar surface area (TPSA) is 29.1 Å². The van der Waals surface area contributed by atoms with Crippen LogP contribution in [-0.4, -0.2) is 12.3 Å². The summed E-state index contributed by atoms with van der Waals surface area (Å²) in [4.78, 5) is 10.7. The van der Waals surface area contributed by atoms with E-state index in [1.165, 1.54) is 0 Å². The van der Waals surface area contributed by atoms with E-state index in [2.05, 4.69) is 27.9 Å². The number of hydrogen-bond acceptors (Lipinski definition) is 1. The maximum Gasteiger partial charge on any atom is 0.315 e. The van der Waals surface area contributed by atoms with Crippen molar-refractivity contribution in [3.05, 3.63) is 27.3 Å². The molecule has 0 aliphatic heterocycles. The quantitative estimate of drug-likeness (QED) is 0.836. The Morgan fingerprint density at radius 2 is 2.14 bits per heavy atom. The summed E-state index contributed by atoms with van der Waals surface area (Å²) in [5, 5.41) is 2.16. The zero-order valence-corrected chi connectivity index (χ0v) is 9.51. The van der Waals surface area contributed by atoms with Crippen LogP contribution in [0.25, 0.3) is 0 Å². The van der Waals surface area contributed by atoms with Crippen molar-refractivity contribution >= 4 is 34.2 Å². The first kappa shape index (κ1) is 11.4. The third-order valence-corrected chi connectivity index (χ3v) is 2.89. The summed E-state index contributed by atoms with van der Waals surface area (Å²) < 4.78 is 24.8. The monoisotopic (exact) mass is 311 g/mol. The fourth-order valence-corrected chi connectivity index (χ4v) is 1.43. The summed E-state index contributed by atoms with van der Waals surface area (Å²) in [6.07, 6.45) is -2.98. The molecule has 0 atom stereocenters. The minimum absolute atomic E-state index is 0.433. The second kappa shape index (κ2) is 4.68.